The van der Waals surface area contributed by atoms with E-state index in [1.807, 2.05) is 42.3 Å². The number of hydrogen-bond donors (Lipinski definition) is 1. The van der Waals surface area contributed by atoms with Crippen LogP contribution in [0.3, 0.4) is 0 Å². The van der Waals surface area contributed by atoms with Crippen LogP contribution in [0.4, 0.5) is 11.5 Å². The van der Waals surface area contributed by atoms with Crippen molar-refractivity contribution in [3.8, 4) is 0 Å². The average Bonchev–Trinajstić information content (AvgIpc) is 2.38. The van der Waals surface area contributed by atoms with Gasteiger partial charge in [-0.1, -0.05) is 18.2 Å². The number of aliphatic hydroxyl groups excluding tert-OH is 1. The normalized spacial score (nSPS) is 10.3. The molecule has 1 N–H and O–H groups in total. The zero-order chi connectivity index (χ0) is 12.3. The van der Waals surface area contributed by atoms with E-state index in [-0.39, 0.29) is 6.61 Å². The van der Waals surface area contributed by atoms with Crippen LogP contribution in [-0.2, 0) is 6.61 Å². The summed E-state index contributed by atoms with van der Waals surface area (Å²) in [5.74, 6) is 0.835. The Kier molecular flexibility index (Phi) is 3.40. The summed E-state index contributed by atoms with van der Waals surface area (Å²) in [5.41, 5.74) is 2.99. The minimum Gasteiger partial charge on any atom is -0.390 e. The maximum absolute atomic E-state index is 9.08. The van der Waals surface area contributed by atoms with E-state index in [1.165, 1.54) is 5.56 Å². The highest BCUT2D eigenvalue weighted by atomic mass is 16.3. The molecule has 0 atom stereocenters. The predicted molar refractivity (Wildman–Crippen MR) is 69.4 cm³/mol. The highest BCUT2D eigenvalue weighted by Gasteiger charge is 2.05. The summed E-state index contributed by atoms with van der Waals surface area (Å²) in [7, 11) is 1.97. The number of aryl methyl sites for hydroxylation is 1. The van der Waals surface area contributed by atoms with E-state index in [0.717, 1.165) is 11.5 Å². The smallest absolute Gasteiger partial charge is 0.133 e. The second kappa shape index (κ2) is 4.97. The molecule has 17 heavy (non-hydrogen) atoms. The second-order valence-electron chi connectivity index (χ2n) is 4.04. The molecular weight excluding hydrogens is 212 g/mol. The molecule has 3 heteroatoms. The molecule has 0 saturated carbocycles. The quantitative estimate of drug-likeness (QED) is 0.877. The molecule has 0 bridgehead atoms. The zero-order valence-corrected chi connectivity index (χ0v) is 10.1. The van der Waals surface area contributed by atoms with Crippen molar-refractivity contribution in [3.63, 3.8) is 0 Å². The SMILES string of the molecule is Cc1cccc(N(C)c2cccc(CO)n2)c1. The molecule has 0 aliphatic carbocycles. The molecule has 0 spiro atoms. The van der Waals surface area contributed by atoms with Crippen LogP contribution in [-0.4, -0.2) is 17.1 Å². The third-order valence-electron chi connectivity index (χ3n) is 2.69. The van der Waals surface area contributed by atoms with Crippen LogP contribution in [0.25, 0.3) is 0 Å². The molecule has 0 aliphatic rings. The fourth-order valence-corrected chi connectivity index (χ4v) is 1.71. The molecule has 1 heterocycles. The van der Waals surface area contributed by atoms with E-state index < -0.39 is 0 Å². The summed E-state index contributed by atoms with van der Waals surface area (Å²) in [6.07, 6.45) is 0. The van der Waals surface area contributed by atoms with Crippen LogP contribution >= 0.6 is 0 Å². The first-order chi connectivity index (χ1) is 8.20. The fraction of sp³-hybridized carbons (Fsp3) is 0.214. The van der Waals surface area contributed by atoms with Gasteiger partial charge in [-0.2, -0.15) is 0 Å². The number of aliphatic hydroxyl groups is 1. The highest BCUT2D eigenvalue weighted by Crippen LogP contribution is 2.22. The lowest BCUT2D eigenvalue weighted by Gasteiger charge is -2.19. The van der Waals surface area contributed by atoms with Gasteiger partial charge < -0.3 is 10.0 Å². The lowest BCUT2D eigenvalue weighted by atomic mass is 10.2. The molecule has 1 aromatic carbocycles. The van der Waals surface area contributed by atoms with Crippen LogP contribution in [0.15, 0.2) is 42.5 Å². The monoisotopic (exact) mass is 228 g/mol. The van der Waals surface area contributed by atoms with Crippen molar-refractivity contribution in [2.45, 2.75) is 13.5 Å². The first kappa shape index (κ1) is 11.6. The van der Waals surface area contributed by atoms with Gasteiger partial charge in [0.2, 0.25) is 0 Å². The van der Waals surface area contributed by atoms with Gasteiger partial charge in [-0.15, -0.1) is 0 Å². The van der Waals surface area contributed by atoms with Gasteiger partial charge in [0.15, 0.2) is 0 Å². The van der Waals surface area contributed by atoms with E-state index >= 15 is 0 Å². The lowest BCUT2D eigenvalue weighted by Crippen LogP contribution is -2.11. The molecule has 0 fully saturated rings. The molecule has 0 unspecified atom stereocenters. The van der Waals surface area contributed by atoms with Gasteiger partial charge in [-0.3, -0.25) is 0 Å². The standard InChI is InChI=1S/C14H16N2O/c1-11-5-3-7-13(9-11)16(2)14-8-4-6-12(10-17)15-14/h3-9,17H,10H2,1-2H3. The molecule has 1 aromatic heterocycles. The molecule has 0 saturated heterocycles. The average molecular weight is 228 g/mol. The molecule has 3 nitrogen and oxygen atoms in total. The maximum Gasteiger partial charge on any atom is 0.133 e. The van der Waals surface area contributed by atoms with Crippen molar-refractivity contribution in [3.05, 3.63) is 53.7 Å². The Morgan fingerprint density at radius 2 is 1.94 bits per heavy atom. The van der Waals surface area contributed by atoms with Gasteiger partial charge in [-0.05, 0) is 36.8 Å². The minimum atomic E-state index is -0.0322. The molecule has 0 aliphatic heterocycles. The van der Waals surface area contributed by atoms with Crippen LogP contribution < -0.4 is 4.90 Å². The molecule has 2 rings (SSSR count). The summed E-state index contributed by atoms with van der Waals surface area (Å²) in [4.78, 5) is 6.38. The number of rotatable bonds is 3. The van der Waals surface area contributed by atoms with Gasteiger partial charge in [0, 0.05) is 12.7 Å². The number of hydrogen-bond acceptors (Lipinski definition) is 3. The minimum absolute atomic E-state index is 0.0322. The van der Waals surface area contributed by atoms with Gasteiger partial charge in [0.25, 0.3) is 0 Å². The highest BCUT2D eigenvalue weighted by molar-refractivity contribution is 5.59. The van der Waals surface area contributed by atoms with Crippen molar-refractivity contribution >= 4 is 11.5 Å². The van der Waals surface area contributed by atoms with Gasteiger partial charge in [0.1, 0.15) is 5.82 Å². The summed E-state index contributed by atoms with van der Waals surface area (Å²) < 4.78 is 0. The van der Waals surface area contributed by atoms with Crippen molar-refractivity contribution in [2.24, 2.45) is 0 Å². The first-order valence-electron chi connectivity index (χ1n) is 5.58. The fourth-order valence-electron chi connectivity index (χ4n) is 1.71. The summed E-state index contributed by atoms with van der Waals surface area (Å²) in [5, 5.41) is 9.08. The van der Waals surface area contributed by atoms with Crippen LogP contribution in [0.5, 0.6) is 0 Å². The molecule has 2 aromatic rings. The molecule has 0 radical (unpaired) electrons. The van der Waals surface area contributed by atoms with Crippen LogP contribution in [0, 0.1) is 6.92 Å². The number of aromatic nitrogens is 1. The lowest BCUT2D eigenvalue weighted by molar-refractivity contribution is 0.277. The third kappa shape index (κ3) is 2.63. The second-order valence-corrected chi connectivity index (χ2v) is 4.04. The van der Waals surface area contributed by atoms with Gasteiger partial charge in [0.05, 0.1) is 12.3 Å². The zero-order valence-electron chi connectivity index (χ0n) is 10.1. The maximum atomic E-state index is 9.08. The Hall–Kier alpha value is -1.87. The van der Waals surface area contributed by atoms with Crippen molar-refractivity contribution < 1.29 is 5.11 Å². The summed E-state index contributed by atoms with van der Waals surface area (Å²) >= 11 is 0. The first-order valence-corrected chi connectivity index (χ1v) is 5.58. The largest absolute Gasteiger partial charge is 0.390 e. The Balaban J connectivity index is 2.33. The Bertz CT molecular complexity index is 511. The van der Waals surface area contributed by atoms with Gasteiger partial charge in [-0.25, -0.2) is 4.98 Å². The number of pyridine rings is 1. The van der Waals surface area contributed by atoms with Gasteiger partial charge >= 0.3 is 0 Å². The van der Waals surface area contributed by atoms with E-state index in [4.69, 9.17) is 5.11 Å². The molecule has 0 amide bonds. The number of benzene rings is 1. The van der Waals surface area contributed by atoms with Crippen molar-refractivity contribution in [1.29, 1.82) is 0 Å². The topological polar surface area (TPSA) is 36.4 Å². The van der Waals surface area contributed by atoms with Crippen molar-refractivity contribution in [2.75, 3.05) is 11.9 Å². The van der Waals surface area contributed by atoms with Crippen molar-refractivity contribution in [1.82, 2.24) is 4.98 Å². The Morgan fingerprint density at radius 1 is 1.18 bits per heavy atom. The molecule has 88 valence electrons. The van der Waals surface area contributed by atoms with E-state index in [1.54, 1.807) is 0 Å². The Morgan fingerprint density at radius 3 is 2.65 bits per heavy atom. The molecular formula is C14H16N2O. The third-order valence-corrected chi connectivity index (χ3v) is 2.69. The number of anilines is 2. The van der Waals surface area contributed by atoms with E-state index in [9.17, 15) is 0 Å². The van der Waals surface area contributed by atoms with E-state index in [0.29, 0.717) is 5.69 Å². The van der Waals surface area contributed by atoms with Crippen LogP contribution in [0.1, 0.15) is 11.3 Å². The summed E-state index contributed by atoms with van der Waals surface area (Å²) in [6, 6.07) is 13.9. The number of nitrogens with zero attached hydrogens (tertiary/aromatic N) is 2. The summed E-state index contributed by atoms with van der Waals surface area (Å²) in [6.45, 7) is 2.03. The predicted octanol–water partition coefficient (Wildman–Crippen LogP) is 2.65. The Labute approximate surface area is 101 Å². The van der Waals surface area contributed by atoms with E-state index in [2.05, 4.69) is 24.0 Å². The van der Waals surface area contributed by atoms with Crippen LogP contribution in [0.2, 0.25) is 0 Å².